The molecule has 1 aromatic heterocycles. The normalized spacial score (nSPS) is 27.0. The maximum Gasteiger partial charge on any atom is 0.213 e. The summed E-state index contributed by atoms with van der Waals surface area (Å²) in [6.07, 6.45) is 4.09. The summed E-state index contributed by atoms with van der Waals surface area (Å²) in [5.41, 5.74) is 2.53. The van der Waals surface area contributed by atoms with E-state index >= 15 is 0 Å². The number of rotatable bonds is 4. The highest BCUT2D eigenvalue weighted by atomic mass is 16.5. The number of aryl methyl sites for hydroxylation is 1. The molecule has 2 fully saturated rings. The quantitative estimate of drug-likeness (QED) is 0.865. The van der Waals surface area contributed by atoms with Crippen molar-refractivity contribution in [1.82, 2.24) is 9.88 Å². The molecule has 0 spiro atoms. The molecule has 4 heteroatoms. The predicted molar refractivity (Wildman–Crippen MR) is 93.0 cm³/mol. The van der Waals surface area contributed by atoms with E-state index in [1.807, 2.05) is 19.2 Å². The largest absolute Gasteiger partial charge is 0.474 e. The third-order valence-electron chi connectivity index (χ3n) is 5.01. The minimum atomic E-state index is 0.228. The van der Waals surface area contributed by atoms with Gasteiger partial charge in [-0.1, -0.05) is 36.4 Å². The highest BCUT2D eigenvalue weighted by Crippen LogP contribution is 2.31. The number of pyridine rings is 1. The van der Waals surface area contributed by atoms with E-state index in [2.05, 4.69) is 46.3 Å². The van der Waals surface area contributed by atoms with Crippen molar-refractivity contribution in [3.63, 3.8) is 0 Å². The predicted octanol–water partition coefficient (Wildman–Crippen LogP) is 3.20. The van der Waals surface area contributed by atoms with Gasteiger partial charge in [0.05, 0.1) is 13.2 Å². The Balaban J connectivity index is 1.43. The van der Waals surface area contributed by atoms with Crippen molar-refractivity contribution in [2.24, 2.45) is 0 Å². The number of benzene rings is 1. The van der Waals surface area contributed by atoms with Crippen molar-refractivity contribution in [3.8, 4) is 5.88 Å². The Morgan fingerprint density at radius 3 is 2.50 bits per heavy atom. The molecule has 0 aliphatic carbocycles. The molecule has 0 radical (unpaired) electrons. The molecule has 1 aromatic carbocycles. The van der Waals surface area contributed by atoms with Crippen LogP contribution in [0.25, 0.3) is 0 Å². The Kier molecular flexibility index (Phi) is 4.50. The van der Waals surface area contributed by atoms with E-state index in [9.17, 15) is 0 Å². The van der Waals surface area contributed by atoms with Gasteiger partial charge < -0.3 is 9.47 Å². The Labute approximate surface area is 143 Å². The van der Waals surface area contributed by atoms with E-state index in [4.69, 9.17) is 9.47 Å². The van der Waals surface area contributed by atoms with Gasteiger partial charge in [0, 0.05) is 43.7 Å². The molecule has 4 rings (SSSR count). The van der Waals surface area contributed by atoms with Gasteiger partial charge >= 0.3 is 0 Å². The van der Waals surface area contributed by atoms with Crippen LogP contribution < -0.4 is 4.74 Å². The van der Waals surface area contributed by atoms with Crippen LogP contribution in [-0.2, 0) is 11.3 Å². The molecular weight excluding hydrogens is 300 g/mol. The van der Waals surface area contributed by atoms with E-state index in [0.717, 1.165) is 44.0 Å². The first-order chi connectivity index (χ1) is 11.8. The molecule has 1 unspecified atom stereocenters. The van der Waals surface area contributed by atoms with Crippen LogP contribution in [0.15, 0.2) is 48.7 Å². The third kappa shape index (κ3) is 3.45. The van der Waals surface area contributed by atoms with Crippen molar-refractivity contribution in [1.29, 1.82) is 0 Å². The second kappa shape index (κ2) is 6.91. The summed E-state index contributed by atoms with van der Waals surface area (Å²) in [6.45, 7) is 4.63. The Bertz CT molecular complexity index is 645. The lowest BCUT2D eigenvalue weighted by Gasteiger charge is -2.48. The minimum absolute atomic E-state index is 0.228. The topological polar surface area (TPSA) is 34.6 Å². The zero-order valence-electron chi connectivity index (χ0n) is 14.1. The van der Waals surface area contributed by atoms with Crippen LogP contribution in [0.5, 0.6) is 5.88 Å². The molecule has 4 nitrogen and oxygen atoms in total. The molecule has 0 amide bonds. The van der Waals surface area contributed by atoms with Crippen LogP contribution in [0.2, 0.25) is 0 Å². The first kappa shape index (κ1) is 15.6. The van der Waals surface area contributed by atoms with Crippen molar-refractivity contribution in [2.75, 3.05) is 13.2 Å². The number of hydrogen-bond acceptors (Lipinski definition) is 4. The molecule has 126 valence electrons. The molecule has 3 heterocycles. The third-order valence-corrected chi connectivity index (χ3v) is 5.01. The van der Waals surface area contributed by atoms with Gasteiger partial charge in [-0.15, -0.1) is 0 Å². The van der Waals surface area contributed by atoms with Crippen LogP contribution in [-0.4, -0.2) is 41.3 Å². The second-order valence-corrected chi connectivity index (χ2v) is 6.89. The van der Waals surface area contributed by atoms with Gasteiger partial charge in [-0.25, -0.2) is 4.98 Å². The zero-order chi connectivity index (χ0) is 16.4. The number of nitrogens with zero attached hydrogens (tertiary/aromatic N) is 2. The minimum Gasteiger partial charge on any atom is -0.474 e. The molecule has 24 heavy (non-hydrogen) atoms. The van der Waals surface area contributed by atoms with E-state index in [1.165, 1.54) is 5.56 Å². The molecule has 2 bridgehead atoms. The number of fused-ring (bicyclic) bond motifs is 2. The maximum atomic E-state index is 6.15. The molecule has 2 aliphatic heterocycles. The van der Waals surface area contributed by atoms with Crippen LogP contribution in [0.1, 0.15) is 24.0 Å². The number of aromatic nitrogens is 1. The number of ether oxygens (including phenoxy) is 2. The molecule has 3 atom stereocenters. The van der Waals surface area contributed by atoms with Gasteiger partial charge in [0.25, 0.3) is 0 Å². The molecule has 2 aromatic rings. The summed E-state index contributed by atoms with van der Waals surface area (Å²) >= 11 is 0. The van der Waals surface area contributed by atoms with Gasteiger partial charge in [0.15, 0.2) is 0 Å². The molecule has 0 saturated carbocycles. The molecule has 2 aliphatic rings. The van der Waals surface area contributed by atoms with E-state index in [1.54, 1.807) is 0 Å². The van der Waals surface area contributed by atoms with E-state index in [0.29, 0.717) is 12.1 Å². The Hall–Kier alpha value is -1.91. The fraction of sp³-hybridized carbons (Fsp3) is 0.450. The summed E-state index contributed by atoms with van der Waals surface area (Å²) in [5, 5.41) is 0. The average molecular weight is 324 g/mol. The van der Waals surface area contributed by atoms with Crippen molar-refractivity contribution in [3.05, 3.63) is 59.8 Å². The van der Waals surface area contributed by atoms with Crippen molar-refractivity contribution < 1.29 is 9.47 Å². The average Bonchev–Trinajstić information content (AvgIpc) is 2.58. The van der Waals surface area contributed by atoms with Gasteiger partial charge in [0.1, 0.15) is 6.10 Å². The standard InChI is InChI=1S/C20H24N2O2/c1-15-7-8-20(21-11-15)24-19-9-17-13-23-14-18(10-19)22(17)12-16-5-3-2-4-6-16/h2-8,11,17-19H,9-10,12-14H2,1H3/t17-,18+,19?. The summed E-state index contributed by atoms with van der Waals surface area (Å²) in [7, 11) is 0. The first-order valence-corrected chi connectivity index (χ1v) is 8.74. The van der Waals surface area contributed by atoms with Gasteiger partial charge in [0.2, 0.25) is 5.88 Å². The van der Waals surface area contributed by atoms with Crippen LogP contribution in [0.3, 0.4) is 0 Å². The summed E-state index contributed by atoms with van der Waals surface area (Å²) < 4.78 is 12.0. The summed E-state index contributed by atoms with van der Waals surface area (Å²) in [6, 6.07) is 15.6. The maximum absolute atomic E-state index is 6.15. The molecular formula is C20H24N2O2. The lowest BCUT2D eigenvalue weighted by molar-refractivity contribution is -0.104. The summed E-state index contributed by atoms with van der Waals surface area (Å²) in [4.78, 5) is 6.98. The van der Waals surface area contributed by atoms with Gasteiger partial charge in [-0.2, -0.15) is 0 Å². The first-order valence-electron chi connectivity index (χ1n) is 8.74. The van der Waals surface area contributed by atoms with Crippen LogP contribution >= 0.6 is 0 Å². The molecule has 0 N–H and O–H groups in total. The van der Waals surface area contributed by atoms with Gasteiger partial charge in [-0.05, 0) is 18.1 Å². The van der Waals surface area contributed by atoms with Crippen LogP contribution in [0.4, 0.5) is 0 Å². The van der Waals surface area contributed by atoms with Gasteiger partial charge in [-0.3, -0.25) is 4.90 Å². The lowest BCUT2D eigenvalue weighted by Crippen LogP contribution is -2.58. The molecule has 2 saturated heterocycles. The monoisotopic (exact) mass is 324 g/mol. The fourth-order valence-corrected chi connectivity index (χ4v) is 3.78. The highest BCUT2D eigenvalue weighted by molar-refractivity contribution is 5.17. The lowest BCUT2D eigenvalue weighted by atomic mass is 9.91. The fourth-order valence-electron chi connectivity index (χ4n) is 3.78. The SMILES string of the molecule is Cc1ccc(OC2C[C@H]3COC[C@@H](C2)N3Cc2ccccc2)nc1. The van der Waals surface area contributed by atoms with Crippen molar-refractivity contribution >= 4 is 0 Å². The van der Waals surface area contributed by atoms with E-state index < -0.39 is 0 Å². The van der Waals surface area contributed by atoms with E-state index in [-0.39, 0.29) is 6.10 Å². The number of morpholine rings is 1. The smallest absolute Gasteiger partial charge is 0.213 e. The zero-order valence-corrected chi connectivity index (χ0v) is 14.1. The van der Waals surface area contributed by atoms with Crippen molar-refractivity contribution in [2.45, 2.75) is 44.5 Å². The Morgan fingerprint density at radius 2 is 1.83 bits per heavy atom. The second-order valence-electron chi connectivity index (χ2n) is 6.89. The summed E-state index contributed by atoms with van der Waals surface area (Å²) in [5.74, 6) is 0.737. The number of hydrogen-bond donors (Lipinski definition) is 0. The Morgan fingerprint density at radius 1 is 1.08 bits per heavy atom. The number of piperidine rings is 1. The highest BCUT2D eigenvalue weighted by Gasteiger charge is 2.39. The van der Waals surface area contributed by atoms with Crippen LogP contribution in [0, 0.1) is 6.92 Å².